The highest BCUT2D eigenvalue weighted by molar-refractivity contribution is 5.94. The van der Waals surface area contributed by atoms with E-state index in [1.54, 1.807) is 34.1 Å². The Hall–Kier alpha value is -2.87. The van der Waals surface area contributed by atoms with E-state index in [-0.39, 0.29) is 17.4 Å². The Morgan fingerprint density at radius 3 is 2.28 bits per heavy atom. The predicted molar refractivity (Wildman–Crippen MR) is 106 cm³/mol. The van der Waals surface area contributed by atoms with Gasteiger partial charge in [-0.25, -0.2) is 4.98 Å². The van der Waals surface area contributed by atoms with Crippen molar-refractivity contribution in [2.24, 2.45) is 0 Å². The van der Waals surface area contributed by atoms with Crippen LogP contribution in [-0.4, -0.2) is 71.6 Å². The zero-order valence-electron chi connectivity index (χ0n) is 17.1. The molecular formula is C21H27N3O5. The van der Waals surface area contributed by atoms with Gasteiger partial charge in [0.25, 0.3) is 11.8 Å². The number of rotatable bonds is 6. The zero-order valence-corrected chi connectivity index (χ0v) is 17.1. The molecule has 1 saturated heterocycles. The van der Waals surface area contributed by atoms with Gasteiger partial charge in [-0.2, -0.15) is 0 Å². The lowest BCUT2D eigenvalue weighted by molar-refractivity contribution is -0.0168. The first kappa shape index (κ1) is 20.9. The molecule has 1 aliphatic heterocycles. The van der Waals surface area contributed by atoms with Crippen molar-refractivity contribution in [1.82, 2.24) is 14.8 Å². The summed E-state index contributed by atoms with van der Waals surface area (Å²) in [6, 6.07) is 6.71. The summed E-state index contributed by atoms with van der Waals surface area (Å²) in [6.45, 7) is 8.67. The number of nitrogens with zero attached hydrogens (tertiary/aromatic N) is 3. The van der Waals surface area contributed by atoms with Gasteiger partial charge in [0, 0.05) is 38.4 Å². The molecule has 0 radical (unpaired) electrons. The number of carbonyl (C=O) groups is 2. The van der Waals surface area contributed by atoms with E-state index < -0.39 is 0 Å². The molecule has 2 amide bonds. The van der Waals surface area contributed by atoms with Crippen LogP contribution in [0.1, 0.15) is 41.7 Å². The average Bonchev–Trinajstić information content (AvgIpc) is 3.25. The number of furan rings is 1. The van der Waals surface area contributed by atoms with Gasteiger partial charge >= 0.3 is 0 Å². The normalized spacial score (nSPS) is 14.7. The second-order valence-electron chi connectivity index (χ2n) is 7.76. The molecule has 156 valence electrons. The molecule has 2 aromatic heterocycles. The Labute approximate surface area is 170 Å². The highest BCUT2D eigenvalue weighted by Gasteiger charge is 2.26. The van der Waals surface area contributed by atoms with Gasteiger partial charge in [0.1, 0.15) is 6.61 Å². The van der Waals surface area contributed by atoms with Crippen LogP contribution >= 0.6 is 0 Å². The molecule has 8 nitrogen and oxygen atoms in total. The average molecular weight is 401 g/mol. The molecule has 0 spiro atoms. The third kappa shape index (κ3) is 5.80. The van der Waals surface area contributed by atoms with Gasteiger partial charge < -0.3 is 23.7 Å². The lowest BCUT2D eigenvalue weighted by Crippen LogP contribution is -2.50. The smallest absolute Gasteiger partial charge is 0.289 e. The van der Waals surface area contributed by atoms with Crippen LogP contribution in [0.15, 0.2) is 41.1 Å². The largest absolute Gasteiger partial charge is 0.475 e. The van der Waals surface area contributed by atoms with Crippen LogP contribution in [0.5, 0.6) is 5.88 Å². The van der Waals surface area contributed by atoms with Crippen LogP contribution in [0.4, 0.5) is 0 Å². The molecule has 8 heteroatoms. The van der Waals surface area contributed by atoms with Crippen molar-refractivity contribution in [2.75, 3.05) is 39.4 Å². The highest BCUT2D eigenvalue weighted by atomic mass is 16.5. The monoisotopic (exact) mass is 401 g/mol. The van der Waals surface area contributed by atoms with Crippen molar-refractivity contribution in [3.8, 4) is 5.88 Å². The van der Waals surface area contributed by atoms with E-state index in [9.17, 15) is 9.59 Å². The predicted octanol–water partition coefficient (Wildman–Crippen LogP) is 2.47. The lowest BCUT2D eigenvalue weighted by atomic mass is 10.2. The number of amides is 2. The minimum atomic E-state index is -0.209. The van der Waals surface area contributed by atoms with Crippen molar-refractivity contribution in [3.63, 3.8) is 0 Å². The van der Waals surface area contributed by atoms with Gasteiger partial charge in [0.15, 0.2) is 5.76 Å². The Balaban J connectivity index is 1.46. The Bertz CT molecular complexity index is 804. The fraction of sp³-hybridized carbons (Fsp3) is 0.476. The van der Waals surface area contributed by atoms with Crippen molar-refractivity contribution < 1.29 is 23.5 Å². The van der Waals surface area contributed by atoms with E-state index in [1.807, 2.05) is 20.8 Å². The highest BCUT2D eigenvalue weighted by Crippen LogP contribution is 2.14. The van der Waals surface area contributed by atoms with Crippen LogP contribution in [-0.2, 0) is 4.74 Å². The van der Waals surface area contributed by atoms with Crippen LogP contribution in [0.3, 0.4) is 0 Å². The summed E-state index contributed by atoms with van der Waals surface area (Å²) in [4.78, 5) is 32.6. The number of hydrogen-bond acceptors (Lipinski definition) is 6. The summed E-state index contributed by atoms with van der Waals surface area (Å²) in [5, 5.41) is 0. The summed E-state index contributed by atoms with van der Waals surface area (Å²) in [5.41, 5.74) is 0.286. The first-order valence-corrected chi connectivity index (χ1v) is 9.68. The third-order valence-corrected chi connectivity index (χ3v) is 4.44. The van der Waals surface area contributed by atoms with E-state index >= 15 is 0 Å². The molecule has 0 saturated carbocycles. The van der Waals surface area contributed by atoms with Crippen LogP contribution in [0.25, 0.3) is 0 Å². The summed E-state index contributed by atoms with van der Waals surface area (Å²) >= 11 is 0. The molecule has 0 aliphatic carbocycles. The maximum absolute atomic E-state index is 12.7. The van der Waals surface area contributed by atoms with Gasteiger partial charge in [0.2, 0.25) is 5.88 Å². The molecule has 3 heterocycles. The molecule has 0 bridgehead atoms. The van der Waals surface area contributed by atoms with E-state index in [0.717, 1.165) is 0 Å². The molecule has 1 fully saturated rings. The minimum Gasteiger partial charge on any atom is -0.475 e. The Morgan fingerprint density at radius 1 is 1.03 bits per heavy atom. The maximum Gasteiger partial charge on any atom is 0.289 e. The van der Waals surface area contributed by atoms with Gasteiger partial charge in [-0.1, -0.05) is 0 Å². The SMILES string of the molecule is CC(C)(C)OCCOc1ccc(C(=O)N2CCN(C(=O)c3ccco3)CC2)cn1. The minimum absolute atomic E-state index is 0.106. The molecule has 2 aromatic rings. The van der Waals surface area contributed by atoms with Crippen molar-refractivity contribution >= 4 is 11.8 Å². The van der Waals surface area contributed by atoms with E-state index in [1.165, 1.54) is 12.5 Å². The molecule has 0 N–H and O–H groups in total. The zero-order chi connectivity index (χ0) is 20.9. The number of hydrogen-bond donors (Lipinski definition) is 0. The summed E-state index contributed by atoms with van der Waals surface area (Å²) in [6.07, 6.45) is 2.99. The van der Waals surface area contributed by atoms with Crippen molar-refractivity contribution in [2.45, 2.75) is 26.4 Å². The summed E-state index contributed by atoms with van der Waals surface area (Å²) in [5.74, 6) is 0.510. The topological polar surface area (TPSA) is 85.1 Å². The van der Waals surface area contributed by atoms with Crippen molar-refractivity contribution in [3.05, 3.63) is 48.0 Å². The van der Waals surface area contributed by atoms with Crippen LogP contribution < -0.4 is 4.74 Å². The standard InChI is InChI=1S/C21H27N3O5/c1-21(2,3)29-14-13-28-18-7-6-16(15-22-18)19(25)23-8-10-24(11-9-23)20(26)17-5-4-12-27-17/h4-7,12,15H,8-11,13-14H2,1-3H3. The van der Waals surface area contributed by atoms with Crippen LogP contribution in [0.2, 0.25) is 0 Å². The fourth-order valence-corrected chi connectivity index (χ4v) is 2.94. The fourth-order valence-electron chi connectivity index (χ4n) is 2.94. The first-order chi connectivity index (χ1) is 13.8. The molecular weight excluding hydrogens is 374 g/mol. The number of piperazine rings is 1. The lowest BCUT2D eigenvalue weighted by Gasteiger charge is -2.34. The first-order valence-electron chi connectivity index (χ1n) is 9.68. The number of pyridine rings is 1. The van der Waals surface area contributed by atoms with Gasteiger partial charge in [-0.15, -0.1) is 0 Å². The number of carbonyl (C=O) groups excluding carboxylic acids is 2. The molecule has 0 aromatic carbocycles. The van der Waals surface area contributed by atoms with Crippen molar-refractivity contribution in [1.29, 1.82) is 0 Å². The van der Waals surface area contributed by atoms with Gasteiger partial charge in [-0.3, -0.25) is 9.59 Å². The third-order valence-electron chi connectivity index (χ3n) is 4.44. The number of ether oxygens (including phenoxy) is 2. The molecule has 29 heavy (non-hydrogen) atoms. The quantitative estimate of drug-likeness (QED) is 0.692. The van der Waals surface area contributed by atoms with Gasteiger partial charge in [-0.05, 0) is 39.0 Å². The van der Waals surface area contributed by atoms with E-state index in [4.69, 9.17) is 13.9 Å². The van der Waals surface area contributed by atoms with Crippen LogP contribution in [0, 0.1) is 0 Å². The Kier molecular flexibility index (Phi) is 6.53. The molecule has 0 atom stereocenters. The molecule has 3 rings (SSSR count). The van der Waals surface area contributed by atoms with E-state index in [0.29, 0.717) is 56.6 Å². The number of aromatic nitrogens is 1. The van der Waals surface area contributed by atoms with E-state index in [2.05, 4.69) is 4.98 Å². The maximum atomic E-state index is 12.7. The summed E-state index contributed by atoms with van der Waals surface area (Å²) < 4.78 is 16.3. The van der Waals surface area contributed by atoms with Gasteiger partial charge in [0.05, 0.1) is 24.0 Å². The second kappa shape index (κ2) is 9.09. The molecule has 1 aliphatic rings. The second-order valence-corrected chi connectivity index (χ2v) is 7.76. The Morgan fingerprint density at radius 2 is 1.72 bits per heavy atom. The summed E-state index contributed by atoms with van der Waals surface area (Å²) in [7, 11) is 0. The molecule has 0 unspecified atom stereocenters.